The van der Waals surface area contributed by atoms with Gasteiger partial charge in [0.1, 0.15) is 0 Å². The van der Waals surface area contributed by atoms with Crippen LogP contribution >= 0.6 is 0 Å². The van der Waals surface area contributed by atoms with E-state index in [1.165, 1.54) is 0 Å². The molecule has 0 aromatic carbocycles. The normalized spacial score (nSPS) is 41.6. The van der Waals surface area contributed by atoms with E-state index in [1.54, 1.807) is 0 Å². The van der Waals surface area contributed by atoms with Crippen LogP contribution in [0, 0.1) is 16.7 Å². The van der Waals surface area contributed by atoms with Gasteiger partial charge < -0.3 is 28.4 Å². The third-order valence-electron chi connectivity index (χ3n) is 10.7. The van der Waals surface area contributed by atoms with Crippen molar-refractivity contribution in [1.29, 1.82) is 0 Å². The number of ether oxygens (including phenoxy) is 6. The van der Waals surface area contributed by atoms with Crippen LogP contribution in [0.15, 0.2) is 0 Å². The van der Waals surface area contributed by atoms with E-state index in [-0.39, 0.29) is 47.5 Å². The fraction of sp³-hybridized carbons (Fsp3) is 1.00. The van der Waals surface area contributed by atoms with Crippen LogP contribution in [-0.2, 0) is 28.4 Å². The quantitative estimate of drug-likeness (QED) is 0.393. The summed E-state index contributed by atoms with van der Waals surface area (Å²) in [7, 11) is 0. The first-order valence-corrected chi connectivity index (χ1v) is 15.5. The van der Waals surface area contributed by atoms with E-state index < -0.39 is 0 Å². The van der Waals surface area contributed by atoms with Crippen LogP contribution in [0.25, 0.3) is 0 Å². The minimum Gasteiger partial charge on any atom is -0.378 e. The molecular formula is C30H50O6. The zero-order valence-electron chi connectivity index (χ0n) is 22.6. The van der Waals surface area contributed by atoms with Crippen LogP contribution in [0.4, 0.5) is 0 Å². The van der Waals surface area contributed by atoms with Gasteiger partial charge in [-0.05, 0) is 89.4 Å². The van der Waals surface area contributed by atoms with Gasteiger partial charge in [-0.2, -0.15) is 0 Å². The second-order valence-electron chi connectivity index (χ2n) is 12.3. The standard InChI is InChI=1S/C30H50O6/c1-2-9-22(23-10-3-16-31-23)29(24-11-4-17-32-24,25-12-5-18-33-25)30(26-13-6-19-34-26,27-14-7-20-35-27)28-15-8-21-36-28/h22-28H,2-21H2,1H3. The molecule has 0 N–H and O–H groups in total. The first-order valence-electron chi connectivity index (χ1n) is 15.5. The molecule has 7 atom stereocenters. The molecular weight excluding hydrogens is 456 g/mol. The Bertz CT molecular complexity index is 621. The van der Waals surface area contributed by atoms with E-state index in [2.05, 4.69) is 6.92 Å². The molecule has 206 valence electrons. The summed E-state index contributed by atoms with van der Waals surface area (Å²) in [6, 6.07) is 0. The molecule has 36 heavy (non-hydrogen) atoms. The summed E-state index contributed by atoms with van der Waals surface area (Å²) < 4.78 is 41.0. The van der Waals surface area contributed by atoms with Gasteiger partial charge in [0.2, 0.25) is 0 Å². The summed E-state index contributed by atoms with van der Waals surface area (Å²) in [4.78, 5) is 0. The van der Waals surface area contributed by atoms with Gasteiger partial charge in [0.15, 0.2) is 0 Å². The Labute approximate surface area is 218 Å². The zero-order valence-corrected chi connectivity index (χ0v) is 22.6. The lowest BCUT2D eigenvalue weighted by atomic mass is 9.43. The first kappa shape index (κ1) is 26.0. The van der Waals surface area contributed by atoms with Crippen molar-refractivity contribution in [3.8, 4) is 0 Å². The summed E-state index contributed by atoms with van der Waals surface area (Å²) in [5.41, 5.74) is -0.531. The number of hydrogen-bond acceptors (Lipinski definition) is 6. The van der Waals surface area contributed by atoms with Gasteiger partial charge in [0, 0.05) is 45.1 Å². The first-order chi connectivity index (χ1) is 17.8. The van der Waals surface area contributed by atoms with Crippen LogP contribution in [0.3, 0.4) is 0 Å². The average molecular weight is 507 g/mol. The van der Waals surface area contributed by atoms with Gasteiger partial charge in [0.25, 0.3) is 0 Å². The van der Waals surface area contributed by atoms with Crippen LogP contribution < -0.4 is 0 Å². The van der Waals surface area contributed by atoms with E-state index in [0.29, 0.717) is 5.92 Å². The van der Waals surface area contributed by atoms with E-state index in [4.69, 9.17) is 28.4 Å². The van der Waals surface area contributed by atoms with Gasteiger partial charge in [-0.25, -0.2) is 0 Å². The molecule has 0 bridgehead atoms. The smallest absolute Gasteiger partial charge is 0.0689 e. The minimum absolute atomic E-state index is 0.123. The Morgan fingerprint density at radius 3 is 1.25 bits per heavy atom. The fourth-order valence-corrected chi connectivity index (χ4v) is 9.76. The maximum absolute atomic E-state index is 6.90. The van der Waals surface area contributed by atoms with Crippen LogP contribution in [0.1, 0.15) is 96.8 Å². The molecule has 6 saturated heterocycles. The Morgan fingerprint density at radius 1 is 0.528 bits per heavy atom. The molecule has 6 aliphatic heterocycles. The lowest BCUT2D eigenvalue weighted by Crippen LogP contribution is -2.73. The molecule has 0 saturated carbocycles. The Kier molecular flexibility index (Phi) is 8.29. The highest BCUT2D eigenvalue weighted by Gasteiger charge is 2.74. The molecule has 7 unspecified atom stereocenters. The van der Waals surface area contributed by atoms with Crippen molar-refractivity contribution in [2.24, 2.45) is 16.7 Å². The third kappa shape index (κ3) is 4.12. The summed E-state index contributed by atoms with van der Waals surface area (Å²) in [6.45, 7) is 7.46. The van der Waals surface area contributed by atoms with Crippen molar-refractivity contribution in [1.82, 2.24) is 0 Å². The molecule has 6 nitrogen and oxygen atoms in total. The van der Waals surface area contributed by atoms with E-state index in [9.17, 15) is 0 Å². The van der Waals surface area contributed by atoms with Crippen molar-refractivity contribution in [2.75, 3.05) is 39.6 Å². The Hall–Kier alpha value is -0.240. The van der Waals surface area contributed by atoms with Gasteiger partial charge in [-0.3, -0.25) is 0 Å². The van der Waals surface area contributed by atoms with E-state index >= 15 is 0 Å². The predicted octanol–water partition coefficient (Wildman–Crippen LogP) is 5.45. The molecule has 6 aliphatic rings. The predicted molar refractivity (Wildman–Crippen MR) is 137 cm³/mol. The SMILES string of the molecule is CCCC(C1CCCO1)C(C1CCCO1)(C1CCCO1)C(C1CCCO1)(C1CCCO1)C1CCCO1. The zero-order chi connectivity index (χ0) is 24.4. The monoisotopic (exact) mass is 506 g/mol. The Morgan fingerprint density at radius 2 is 0.917 bits per heavy atom. The molecule has 6 heterocycles. The molecule has 0 aromatic rings. The molecule has 0 spiro atoms. The summed E-state index contributed by atoms with van der Waals surface area (Å²) in [5.74, 6) is 0.355. The molecule has 6 heteroatoms. The van der Waals surface area contributed by atoms with Crippen molar-refractivity contribution < 1.29 is 28.4 Å². The molecule has 0 radical (unpaired) electrons. The number of rotatable bonds is 10. The average Bonchev–Trinajstić information content (AvgIpc) is 3.77. The van der Waals surface area contributed by atoms with E-state index in [1.807, 2.05) is 0 Å². The van der Waals surface area contributed by atoms with Crippen LogP contribution in [0.5, 0.6) is 0 Å². The molecule has 0 amide bonds. The lowest BCUT2D eigenvalue weighted by molar-refractivity contribution is -0.299. The maximum Gasteiger partial charge on any atom is 0.0689 e. The molecule has 0 aromatic heterocycles. The highest BCUT2D eigenvalue weighted by atomic mass is 16.5. The van der Waals surface area contributed by atoms with Crippen LogP contribution in [-0.4, -0.2) is 76.3 Å². The van der Waals surface area contributed by atoms with Crippen molar-refractivity contribution in [2.45, 2.75) is 133 Å². The number of hydrogen-bond donors (Lipinski definition) is 0. The van der Waals surface area contributed by atoms with Gasteiger partial charge in [-0.15, -0.1) is 0 Å². The fourth-order valence-electron chi connectivity index (χ4n) is 9.76. The van der Waals surface area contributed by atoms with Crippen LogP contribution in [0.2, 0.25) is 0 Å². The van der Waals surface area contributed by atoms with Crippen molar-refractivity contribution >= 4 is 0 Å². The third-order valence-corrected chi connectivity index (χ3v) is 10.7. The van der Waals surface area contributed by atoms with Crippen molar-refractivity contribution in [3.05, 3.63) is 0 Å². The summed E-state index contributed by atoms with van der Waals surface area (Å²) in [5, 5.41) is 0. The molecule has 0 aliphatic carbocycles. The molecule has 6 rings (SSSR count). The topological polar surface area (TPSA) is 55.4 Å². The molecule has 6 fully saturated rings. The Balaban J connectivity index is 1.62. The largest absolute Gasteiger partial charge is 0.378 e. The minimum atomic E-state index is -0.285. The highest BCUT2D eigenvalue weighted by Crippen LogP contribution is 2.67. The van der Waals surface area contributed by atoms with Gasteiger partial charge >= 0.3 is 0 Å². The summed E-state index contributed by atoms with van der Waals surface area (Å²) >= 11 is 0. The lowest BCUT2D eigenvalue weighted by Gasteiger charge is -2.65. The highest BCUT2D eigenvalue weighted by molar-refractivity contribution is 5.21. The van der Waals surface area contributed by atoms with Crippen molar-refractivity contribution in [3.63, 3.8) is 0 Å². The maximum atomic E-state index is 6.90. The van der Waals surface area contributed by atoms with E-state index in [0.717, 1.165) is 130 Å². The summed E-state index contributed by atoms with van der Waals surface area (Å²) in [6.07, 6.45) is 16.6. The second kappa shape index (κ2) is 11.5. The van der Waals surface area contributed by atoms with Gasteiger partial charge in [-0.1, -0.05) is 13.3 Å². The van der Waals surface area contributed by atoms with Gasteiger partial charge in [0.05, 0.1) is 42.0 Å². The second-order valence-corrected chi connectivity index (χ2v) is 12.3.